The van der Waals surface area contributed by atoms with E-state index in [0.29, 0.717) is 62.5 Å². The molecule has 0 aliphatic heterocycles. The Bertz CT molecular complexity index is 860. The van der Waals surface area contributed by atoms with Crippen LogP contribution >= 0.6 is 0 Å². The number of nitrogens with zero attached hydrogens (tertiary/aromatic N) is 2. The summed E-state index contributed by atoms with van der Waals surface area (Å²) in [6, 6.07) is 3.53. The third-order valence-corrected chi connectivity index (χ3v) is 4.68. The van der Waals surface area contributed by atoms with Crippen LogP contribution in [0.1, 0.15) is 36.4 Å². The van der Waals surface area contributed by atoms with Crippen molar-refractivity contribution in [3.05, 3.63) is 47.0 Å². The number of rotatable bonds is 15. The molecule has 10 nitrogen and oxygen atoms in total. The molecule has 10 heteroatoms. The Morgan fingerprint density at radius 2 is 1.06 bits per heavy atom. The molecule has 0 radical (unpaired) electrons. The lowest BCUT2D eigenvalue weighted by Crippen LogP contribution is -2.14. The van der Waals surface area contributed by atoms with E-state index in [-0.39, 0.29) is 25.2 Å². The average Bonchev–Trinajstić information content (AvgIpc) is 2.80. The van der Waals surface area contributed by atoms with Crippen molar-refractivity contribution < 1.29 is 38.0 Å². The van der Waals surface area contributed by atoms with Gasteiger partial charge in [-0.3, -0.25) is 19.6 Å². The van der Waals surface area contributed by atoms with Gasteiger partial charge in [0.1, 0.15) is 37.9 Å². The monoisotopic (exact) mass is 476 g/mol. The molecule has 0 fully saturated rings. The van der Waals surface area contributed by atoms with Crippen molar-refractivity contribution in [3.63, 3.8) is 0 Å². The SMILES string of the molecule is CC(=O)OCc1nccc(OCCOCCOCCOc2ccnc(COC(C)=O)c2C)c1C. The van der Waals surface area contributed by atoms with Gasteiger partial charge in [-0.05, 0) is 26.0 Å². The van der Waals surface area contributed by atoms with Crippen LogP contribution < -0.4 is 9.47 Å². The van der Waals surface area contributed by atoms with Gasteiger partial charge in [0.05, 0.1) is 37.8 Å². The van der Waals surface area contributed by atoms with Gasteiger partial charge in [-0.25, -0.2) is 0 Å². The molecule has 0 aliphatic carbocycles. The first-order chi connectivity index (χ1) is 16.4. The van der Waals surface area contributed by atoms with E-state index in [1.807, 2.05) is 13.8 Å². The average molecular weight is 477 g/mol. The summed E-state index contributed by atoms with van der Waals surface area (Å²) >= 11 is 0. The maximum Gasteiger partial charge on any atom is 0.303 e. The molecule has 0 saturated carbocycles. The number of ether oxygens (including phenoxy) is 6. The van der Waals surface area contributed by atoms with Crippen LogP contribution in [-0.2, 0) is 41.8 Å². The van der Waals surface area contributed by atoms with Crippen molar-refractivity contribution in [2.24, 2.45) is 0 Å². The highest BCUT2D eigenvalue weighted by molar-refractivity contribution is 5.66. The van der Waals surface area contributed by atoms with Crippen LogP contribution in [0.3, 0.4) is 0 Å². The fourth-order valence-corrected chi connectivity index (χ4v) is 2.80. The number of carbonyl (C=O) groups is 2. The summed E-state index contributed by atoms with van der Waals surface area (Å²) in [5, 5.41) is 0. The zero-order chi connectivity index (χ0) is 24.8. The van der Waals surface area contributed by atoms with Gasteiger partial charge in [-0.15, -0.1) is 0 Å². The Balaban J connectivity index is 1.56. The topological polar surface area (TPSA) is 115 Å². The fourth-order valence-electron chi connectivity index (χ4n) is 2.80. The normalized spacial score (nSPS) is 10.6. The zero-order valence-corrected chi connectivity index (χ0v) is 20.1. The Hall–Kier alpha value is -3.24. The molecule has 0 aliphatic rings. The minimum Gasteiger partial charge on any atom is -0.491 e. The van der Waals surface area contributed by atoms with Gasteiger partial charge in [0.25, 0.3) is 0 Å². The largest absolute Gasteiger partial charge is 0.491 e. The highest BCUT2D eigenvalue weighted by atomic mass is 16.6. The molecule has 0 spiro atoms. The maximum atomic E-state index is 11.0. The van der Waals surface area contributed by atoms with Crippen LogP contribution in [0.4, 0.5) is 0 Å². The van der Waals surface area contributed by atoms with Crippen LogP contribution in [0.2, 0.25) is 0 Å². The van der Waals surface area contributed by atoms with Gasteiger partial charge in [-0.1, -0.05) is 0 Å². The molecule has 2 aromatic rings. The van der Waals surface area contributed by atoms with E-state index in [1.165, 1.54) is 13.8 Å². The van der Waals surface area contributed by atoms with E-state index < -0.39 is 0 Å². The molecule has 0 N–H and O–H groups in total. The second-order valence-corrected chi connectivity index (χ2v) is 7.24. The van der Waals surface area contributed by atoms with Crippen molar-refractivity contribution in [1.29, 1.82) is 0 Å². The highest BCUT2D eigenvalue weighted by Gasteiger charge is 2.09. The van der Waals surface area contributed by atoms with Crippen molar-refractivity contribution >= 4 is 11.9 Å². The zero-order valence-electron chi connectivity index (χ0n) is 20.1. The number of pyridine rings is 2. The third-order valence-electron chi connectivity index (χ3n) is 4.68. The van der Waals surface area contributed by atoms with E-state index in [1.54, 1.807) is 24.5 Å². The Labute approximate surface area is 199 Å². The smallest absolute Gasteiger partial charge is 0.303 e. The first-order valence-corrected chi connectivity index (χ1v) is 10.9. The van der Waals surface area contributed by atoms with Crippen LogP contribution in [0.25, 0.3) is 0 Å². The summed E-state index contributed by atoms with van der Waals surface area (Å²) in [5.41, 5.74) is 2.98. The van der Waals surface area contributed by atoms with Crippen molar-refractivity contribution in [1.82, 2.24) is 9.97 Å². The summed E-state index contributed by atoms with van der Waals surface area (Å²) < 4.78 is 32.5. The molecule has 186 valence electrons. The molecule has 0 unspecified atom stereocenters. The van der Waals surface area contributed by atoms with Gasteiger partial charge in [-0.2, -0.15) is 0 Å². The van der Waals surface area contributed by atoms with Crippen LogP contribution in [-0.4, -0.2) is 61.5 Å². The summed E-state index contributed by atoms with van der Waals surface area (Å²) in [4.78, 5) is 30.4. The van der Waals surface area contributed by atoms with E-state index >= 15 is 0 Å². The fraction of sp³-hybridized carbons (Fsp3) is 0.500. The molecule has 0 saturated heterocycles. The van der Waals surface area contributed by atoms with Crippen LogP contribution in [0, 0.1) is 13.8 Å². The van der Waals surface area contributed by atoms with Crippen molar-refractivity contribution in [2.75, 3.05) is 39.6 Å². The lowest BCUT2D eigenvalue weighted by atomic mass is 10.2. The lowest BCUT2D eigenvalue weighted by Gasteiger charge is -2.13. The van der Waals surface area contributed by atoms with E-state index in [4.69, 9.17) is 28.4 Å². The molecule has 0 atom stereocenters. The van der Waals surface area contributed by atoms with Crippen molar-refractivity contribution in [3.8, 4) is 11.5 Å². The summed E-state index contributed by atoms with van der Waals surface area (Å²) in [6.07, 6.45) is 3.23. The molecule has 2 aromatic heterocycles. The molecule has 0 amide bonds. The predicted octanol–water partition coefficient (Wildman–Crippen LogP) is 2.71. The van der Waals surface area contributed by atoms with Gasteiger partial charge in [0.2, 0.25) is 0 Å². The molecule has 34 heavy (non-hydrogen) atoms. The molecular weight excluding hydrogens is 444 g/mol. The molecule has 2 heterocycles. The van der Waals surface area contributed by atoms with Gasteiger partial charge < -0.3 is 28.4 Å². The minimum atomic E-state index is -0.354. The second-order valence-electron chi connectivity index (χ2n) is 7.24. The Morgan fingerprint density at radius 3 is 1.44 bits per heavy atom. The Kier molecular flexibility index (Phi) is 11.8. The quantitative estimate of drug-likeness (QED) is 0.281. The number of hydrogen-bond donors (Lipinski definition) is 0. The number of aromatic nitrogens is 2. The molecular formula is C24H32N2O8. The number of carbonyl (C=O) groups excluding carboxylic acids is 2. The van der Waals surface area contributed by atoms with Gasteiger partial charge in [0.15, 0.2) is 0 Å². The summed E-state index contributed by atoms with van der Waals surface area (Å²) in [5.74, 6) is 0.647. The third kappa shape index (κ3) is 9.72. The summed E-state index contributed by atoms with van der Waals surface area (Å²) in [6.45, 7) is 9.10. The van der Waals surface area contributed by atoms with E-state index in [2.05, 4.69) is 9.97 Å². The number of hydrogen-bond acceptors (Lipinski definition) is 10. The van der Waals surface area contributed by atoms with Gasteiger partial charge in [0, 0.05) is 37.4 Å². The van der Waals surface area contributed by atoms with Crippen molar-refractivity contribution in [2.45, 2.75) is 40.9 Å². The standard InChI is InChI=1S/C24H32N2O8/c1-17-21(15-33-19(3)27)25-7-5-23(17)31-13-11-29-9-10-30-12-14-32-24-6-8-26-22(18(24)2)16-34-20(4)28/h5-8H,9-16H2,1-4H3. The first-order valence-electron chi connectivity index (χ1n) is 10.9. The summed E-state index contributed by atoms with van der Waals surface area (Å²) in [7, 11) is 0. The Morgan fingerprint density at radius 1 is 0.676 bits per heavy atom. The first kappa shape index (κ1) is 27.0. The van der Waals surface area contributed by atoms with Gasteiger partial charge >= 0.3 is 11.9 Å². The lowest BCUT2D eigenvalue weighted by molar-refractivity contribution is -0.143. The molecule has 0 bridgehead atoms. The molecule has 2 rings (SSSR count). The second kappa shape index (κ2) is 14.8. The molecule has 0 aromatic carbocycles. The van der Waals surface area contributed by atoms with E-state index in [0.717, 1.165) is 11.1 Å². The minimum absolute atomic E-state index is 0.117. The van der Waals surface area contributed by atoms with E-state index in [9.17, 15) is 9.59 Å². The highest BCUT2D eigenvalue weighted by Crippen LogP contribution is 2.21. The number of esters is 2. The van der Waals surface area contributed by atoms with Crippen LogP contribution in [0.5, 0.6) is 11.5 Å². The predicted molar refractivity (Wildman–Crippen MR) is 122 cm³/mol. The van der Waals surface area contributed by atoms with Crippen LogP contribution in [0.15, 0.2) is 24.5 Å². The maximum absolute atomic E-state index is 11.0.